The summed E-state index contributed by atoms with van der Waals surface area (Å²) in [5, 5.41) is 0. The fraction of sp³-hybridized carbons (Fsp3) is 0.524. The van der Waals surface area contributed by atoms with Gasteiger partial charge in [0.25, 0.3) is 0 Å². The van der Waals surface area contributed by atoms with Crippen molar-refractivity contribution >= 4 is 17.5 Å². The van der Waals surface area contributed by atoms with Gasteiger partial charge in [0.05, 0.1) is 12.5 Å². The van der Waals surface area contributed by atoms with Crippen LogP contribution in [-0.2, 0) is 14.3 Å². The van der Waals surface area contributed by atoms with E-state index in [1.165, 1.54) is 0 Å². The second kappa shape index (κ2) is 7.14. The predicted molar refractivity (Wildman–Crippen MR) is 99.9 cm³/mol. The van der Waals surface area contributed by atoms with Crippen molar-refractivity contribution in [2.75, 3.05) is 6.61 Å². The Bertz CT molecular complexity index is 778. The number of hydrogen-bond donors (Lipinski definition) is 0. The van der Waals surface area contributed by atoms with Crippen LogP contribution in [0.25, 0.3) is 0 Å². The minimum atomic E-state index is -0.597. The van der Waals surface area contributed by atoms with Crippen molar-refractivity contribution < 1.29 is 14.3 Å². The molecule has 2 aliphatic rings. The van der Waals surface area contributed by atoms with Crippen LogP contribution in [-0.4, -0.2) is 29.1 Å². The molecule has 1 aromatic heterocycles. The number of aliphatic imine (C=N–C) groups is 1. The number of allylic oxidation sites excluding steroid dienone is 2. The molecule has 1 aromatic rings. The lowest BCUT2D eigenvalue weighted by Crippen LogP contribution is -2.39. The van der Waals surface area contributed by atoms with Gasteiger partial charge in [-0.1, -0.05) is 26.8 Å². The lowest BCUT2D eigenvalue weighted by Gasteiger charge is -2.38. The standard InChI is InChI=1S/C21H26N2O3/c1-5-10-26-20(25)17-13(2)23-15-11-21(3,4)12-16(24)18(15)19(17)14-8-6-7-9-22-14/h6-9,17,19H,5,10-12H2,1-4H3/t17?,19-/m0/s1. The minimum absolute atomic E-state index is 0.0662. The second-order valence-corrected chi connectivity index (χ2v) is 7.93. The summed E-state index contributed by atoms with van der Waals surface area (Å²) in [5.41, 5.74) is 2.75. The first-order valence-corrected chi connectivity index (χ1v) is 9.23. The molecule has 0 N–H and O–H groups in total. The maximum atomic E-state index is 13.0. The van der Waals surface area contributed by atoms with Gasteiger partial charge in [-0.25, -0.2) is 0 Å². The smallest absolute Gasteiger partial charge is 0.315 e. The van der Waals surface area contributed by atoms with Crippen LogP contribution in [0.3, 0.4) is 0 Å². The summed E-state index contributed by atoms with van der Waals surface area (Å²) >= 11 is 0. The zero-order valence-corrected chi connectivity index (χ0v) is 15.9. The number of ether oxygens (including phenoxy) is 1. The number of pyridine rings is 1. The van der Waals surface area contributed by atoms with Crippen LogP contribution in [0.2, 0.25) is 0 Å². The third-order valence-electron chi connectivity index (χ3n) is 5.01. The molecule has 0 saturated carbocycles. The Labute approximate surface area is 154 Å². The molecule has 2 atom stereocenters. The topological polar surface area (TPSA) is 68.6 Å². The molecule has 138 valence electrons. The van der Waals surface area contributed by atoms with Crippen molar-refractivity contribution in [3.8, 4) is 0 Å². The molecular formula is C21H26N2O3. The Hall–Kier alpha value is -2.30. The third kappa shape index (κ3) is 3.48. The van der Waals surface area contributed by atoms with Gasteiger partial charge in [0.15, 0.2) is 5.78 Å². The molecule has 5 nitrogen and oxygen atoms in total. The lowest BCUT2D eigenvalue weighted by molar-refractivity contribution is -0.146. The zero-order valence-electron chi connectivity index (χ0n) is 15.9. The third-order valence-corrected chi connectivity index (χ3v) is 5.01. The summed E-state index contributed by atoms with van der Waals surface area (Å²) in [5.74, 6) is -1.28. The average molecular weight is 354 g/mol. The average Bonchev–Trinajstić information content (AvgIpc) is 2.58. The van der Waals surface area contributed by atoms with E-state index in [9.17, 15) is 9.59 Å². The number of rotatable bonds is 4. The maximum absolute atomic E-state index is 13.0. The van der Waals surface area contributed by atoms with Crippen molar-refractivity contribution in [3.05, 3.63) is 41.4 Å². The maximum Gasteiger partial charge on any atom is 0.315 e. The Morgan fingerprint density at radius 1 is 1.31 bits per heavy atom. The highest BCUT2D eigenvalue weighted by atomic mass is 16.5. The number of carbonyl (C=O) groups excluding carboxylic acids is 2. The quantitative estimate of drug-likeness (QED) is 0.770. The second-order valence-electron chi connectivity index (χ2n) is 7.93. The van der Waals surface area contributed by atoms with Gasteiger partial charge in [-0.3, -0.25) is 19.6 Å². The van der Waals surface area contributed by atoms with Gasteiger partial charge in [0, 0.05) is 35.3 Å². The summed E-state index contributed by atoms with van der Waals surface area (Å²) < 4.78 is 5.43. The monoisotopic (exact) mass is 354 g/mol. The molecular weight excluding hydrogens is 328 g/mol. The van der Waals surface area contributed by atoms with E-state index in [0.717, 1.165) is 24.2 Å². The fourth-order valence-corrected chi connectivity index (χ4v) is 3.92. The van der Waals surface area contributed by atoms with Crippen LogP contribution in [0.1, 0.15) is 58.6 Å². The number of aromatic nitrogens is 1. The molecule has 3 rings (SSSR count). The van der Waals surface area contributed by atoms with E-state index in [-0.39, 0.29) is 17.2 Å². The first-order chi connectivity index (χ1) is 12.3. The molecule has 0 amide bonds. The van der Waals surface area contributed by atoms with Crippen LogP contribution in [0.5, 0.6) is 0 Å². The molecule has 0 fully saturated rings. The van der Waals surface area contributed by atoms with E-state index in [0.29, 0.717) is 24.3 Å². The van der Waals surface area contributed by atoms with Gasteiger partial charge in [-0.05, 0) is 37.3 Å². The minimum Gasteiger partial charge on any atom is -0.465 e. The van der Waals surface area contributed by atoms with Crippen LogP contribution in [0, 0.1) is 11.3 Å². The van der Waals surface area contributed by atoms with Gasteiger partial charge < -0.3 is 4.74 Å². The summed E-state index contributed by atoms with van der Waals surface area (Å²) in [6, 6.07) is 5.59. The molecule has 26 heavy (non-hydrogen) atoms. The van der Waals surface area contributed by atoms with E-state index < -0.39 is 11.8 Å². The van der Waals surface area contributed by atoms with Gasteiger partial charge in [-0.2, -0.15) is 0 Å². The Balaban J connectivity index is 2.11. The van der Waals surface area contributed by atoms with Crippen molar-refractivity contribution in [2.24, 2.45) is 16.3 Å². The van der Waals surface area contributed by atoms with Gasteiger partial charge >= 0.3 is 5.97 Å². The van der Waals surface area contributed by atoms with E-state index >= 15 is 0 Å². The fourth-order valence-electron chi connectivity index (χ4n) is 3.92. The highest BCUT2D eigenvalue weighted by Crippen LogP contribution is 2.47. The molecule has 0 saturated heterocycles. The Morgan fingerprint density at radius 2 is 2.08 bits per heavy atom. The molecule has 0 bridgehead atoms. The highest BCUT2D eigenvalue weighted by molar-refractivity contribution is 6.08. The largest absolute Gasteiger partial charge is 0.465 e. The first-order valence-electron chi connectivity index (χ1n) is 9.23. The first kappa shape index (κ1) is 18.5. The Kier molecular flexibility index (Phi) is 5.08. The molecule has 1 aliphatic carbocycles. The molecule has 5 heteroatoms. The Morgan fingerprint density at radius 3 is 2.73 bits per heavy atom. The molecule has 1 aliphatic heterocycles. The normalized spacial score (nSPS) is 24.8. The predicted octanol–water partition coefficient (Wildman–Crippen LogP) is 3.85. The van der Waals surface area contributed by atoms with Crippen LogP contribution in [0.15, 0.2) is 40.7 Å². The van der Waals surface area contributed by atoms with Crippen molar-refractivity contribution in [2.45, 2.75) is 52.9 Å². The molecule has 2 heterocycles. The van der Waals surface area contributed by atoms with E-state index in [1.807, 2.05) is 32.0 Å². The van der Waals surface area contributed by atoms with Crippen molar-refractivity contribution in [1.29, 1.82) is 0 Å². The van der Waals surface area contributed by atoms with Gasteiger partial charge in [0.1, 0.15) is 5.92 Å². The molecule has 0 aromatic carbocycles. The van der Waals surface area contributed by atoms with Crippen LogP contribution >= 0.6 is 0 Å². The number of ketones is 1. The summed E-state index contributed by atoms with van der Waals surface area (Å²) in [6.07, 6.45) is 3.64. The van der Waals surface area contributed by atoms with Gasteiger partial charge in [-0.15, -0.1) is 0 Å². The molecule has 0 radical (unpaired) electrons. The van der Waals surface area contributed by atoms with Crippen molar-refractivity contribution in [3.63, 3.8) is 0 Å². The SMILES string of the molecule is CCCOC(=O)C1C(C)=NC2=C(C(=O)CC(C)(C)C2)[C@H]1c1ccccn1. The number of nitrogens with zero attached hydrogens (tertiary/aromatic N) is 2. The number of carbonyl (C=O) groups is 2. The van der Waals surface area contributed by atoms with Crippen molar-refractivity contribution in [1.82, 2.24) is 4.98 Å². The summed E-state index contributed by atoms with van der Waals surface area (Å²) in [7, 11) is 0. The number of esters is 1. The number of Topliss-reactive ketones (excluding diaryl/α,β-unsaturated/α-hetero) is 1. The molecule has 0 spiro atoms. The molecule has 1 unspecified atom stereocenters. The summed E-state index contributed by atoms with van der Waals surface area (Å²) in [4.78, 5) is 35.0. The van der Waals surface area contributed by atoms with Gasteiger partial charge in [0.2, 0.25) is 0 Å². The van der Waals surface area contributed by atoms with Crippen LogP contribution in [0.4, 0.5) is 0 Å². The van der Waals surface area contributed by atoms with Crippen LogP contribution < -0.4 is 0 Å². The van der Waals surface area contributed by atoms with E-state index in [1.54, 1.807) is 6.20 Å². The zero-order chi connectivity index (χ0) is 18.9. The summed E-state index contributed by atoms with van der Waals surface area (Å²) in [6.45, 7) is 8.33. The van der Waals surface area contributed by atoms with E-state index in [2.05, 4.69) is 23.8 Å². The number of hydrogen-bond acceptors (Lipinski definition) is 5. The van der Waals surface area contributed by atoms with E-state index in [4.69, 9.17) is 4.74 Å². The lowest BCUT2D eigenvalue weighted by atomic mass is 9.67. The highest BCUT2D eigenvalue weighted by Gasteiger charge is 2.46.